The molecule has 1 fully saturated rings. The van der Waals surface area contributed by atoms with Crippen LogP contribution in [0.15, 0.2) is 12.1 Å². The van der Waals surface area contributed by atoms with Gasteiger partial charge in [-0.1, -0.05) is 6.92 Å². The number of nitro groups is 1. The fraction of sp³-hybridized carbons (Fsp3) is 0.533. The Bertz CT molecular complexity index is 585. The molecule has 2 atom stereocenters. The van der Waals surface area contributed by atoms with Crippen LogP contribution in [0.3, 0.4) is 0 Å². The maximum absolute atomic E-state index is 11.2. The number of hydrogen-bond acceptors (Lipinski definition) is 4. The van der Waals surface area contributed by atoms with Crippen LogP contribution in [0.5, 0.6) is 0 Å². The van der Waals surface area contributed by atoms with E-state index in [0.717, 1.165) is 25.3 Å². The number of aromatic carboxylic acids is 1. The summed E-state index contributed by atoms with van der Waals surface area (Å²) in [6, 6.07) is 3.28. The van der Waals surface area contributed by atoms with E-state index in [1.54, 1.807) is 13.0 Å². The minimum atomic E-state index is -1.14. The molecule has 0 radical (unpaired) electrons. The largest absolute Gasteiger partial charge is 0.478 e. The van der Waals surface area contributed by atoms with Crippen molar-refractivity contribution in [3.63, 3.8) is 0 Å². The smallest absolute Gasteiger partial charge is 0.336 e. The second-order valence-electron chi connectivity index (χ2n) is 5.60. The Labute approximate surface area is 123 Å². The number of carbonyl (C=O) groups is 1. The second-order valence-corrected chi connectivity index (χ2v) is 5.60. The van der Waals surface area contributed by atoms with E-state index in [2.05, 4.69) is 18.7 Å². The molecule has 1 aliphatic rings. The first-order chi connectivity index (χ1) is 9.86. The normalized spacial score (nSPS) is 21.6. The van der Waals surface area contributed by atoms with E-state index in [-0.39, 0.29) is 17.3 Å². The van der Waals surface area contributed by atoms with Crippen molar-refractivity contribution in [3.05, 3.63) is 33.4 Å². The molecule has 2 rings (SSSR count). The van der Waals surface area contributed by atoms with E-state index in [1.165, 1.54) is 0 Å². The first kappa shape index (κ1) is 15.3. The summed E-state index contributed by atoms with van der Waals surface area (Å²) in [5.74, 6) is -1.14. The first-order valence-electron chi connectivity index (χ1n) is 7.17. The quantitative estimate of drug-likeness (QED) is 0.679. The monoisotopic (exact) mass is 292 g/mol. The number of anilines is 1. The highest BCUT2D eigenvalue weighted by Crippen LogP contribution is 2.38. The Morgan fingerprint density at radius 2 is 2.14 bits per heavy atom. The summed E-state index contributed by atoms with van der Waals surface area (Å²) in [4.78, 5) is 24.1. The van der Waals surface area contributed by atoms with Gasteiger partial charge in [-0.05, 0) is 39.2 Å². The highest BCUT2D eigenvalue weighted by molar-refractivity contribution is 5.91. The first-order valence-corrected chi connectivity index (χ1v) is 7.17. The molecule has 1 heterocycles. The van der Waals surface area contributed by atoms with Crippen LogP contribution in [-0.2, 0) is 0 Å². The minimum Gasteiger partial charge on any atom is -0.478 e. The molecular formula is C15H20N2O4. The standard InChI is InChI=1S/C15H20N2O4/c1-4-12-6-5-9(2)16(12)13-7-11(15(18)19)8-14(10(13)3)17(20)21/h7-9,12H,4-6H2,1-3H3,(H,18,19). The molecule has 114 valence electrons. The van der Waals surface area contributed by atoms with Crippen molar-refractivity contribution in [1.29, 1.82) is 0 Å². The minimum absolute atomic E-state index is 0.0312. The maximum atomic E-state index is 11.2. The molecular weight excluding hydrogens is 272 g/mol. The van der Waals surface area contributed by atoms with E-state index in [9.17, 15) is 20.0 Å². The summed E-state index contributed by atoms with van der Waals surface area (Å²) in [5, 5.41) is 20.4. The Morgan fingerprint density at radius 3 is 2.67 bits per heavy atom. The Morgan fingerprint density at radius 1 is 1.48 bits per heavy atom. The Hall–Kier alpha value is -2.11. The van der Waals surface area contributed by atoms with Crippen molar-refractivity contribution in [2.75, 3.05) is 4.90 Å². The van der Waals surface area contributed by atoms with Crippen LogP contribution >= 0.6 is 0 Å². The van der Waals surface area contributed by atoms with Gasteiger partial charge in [-0.15, -0.1) is 0 Å². The molecule has 6 heteroatoms. The van der Waals surface area contributed by atoms with Crippen LogP contribution in [-0.4, -0.2) is 28.1 Å². The summed E-state index contributed by atoms with van der Waals surface area (Å²) in [5.41, 5.74) is 1.06. The van der Waals surface area contributed by atoms with Gasteiger partial charge in [0.15, 0.2) is 0 Å². The highest BCUT2D eigenvalue weighted by atomic mass is 16.6. The van der Waals surface area contributed by atoms with Gasteiger partial charge in [0, 0.05) is 23.8 Å². The lowest BCUT2D eigenvalue weighted by Crippen LogP contribution is -2.35. The molecule has 6 nitrogen and oxygen atoms in total. The molecule has 1 saturated heterocycles. The third kappa shape index (κ3) is 2.70. The van der Waals surface area contributed by atoms with Gasteiger partial charge in [0.1, 0.15) is 0 Å². The summed E-state index contributed by atoms with van der Waals surface area (Å²) in [6.45, 7) is 5.85. The molecule has 21 heavy (non-hydrogen) atoms. The van der Waals surface area contributed by atoms with Crippen molar-refractivity contribution < 1.29 is 14.8 Å². The highest BCUT2D eigenvalue weighted by Gasteiger charge is 2.32. The van der Waals surface area contributed by atoms with Crippen LogP contribution in [0, 0.1) is 17.0 Å². The third-order valence-corrected chi connectivity index (χ3v) is 4.33. The van der Waals surface area contributed by atoms with Crippen LogP contribution < -0.4 is 4.90 Å². The lowest BCUT2D eigenvalue weighted by Gasteiger charge is -2.31. The van der Waals surface area contributed by atoms with Gasteiger partial charge in [0.25, 0.3) is 5.69 Å². The van der Waals surface area contributed by atoms with Crippen LogP contribution in [0.2, 0.25) is 0 Å². The summed E-state index contributed by atoms with van der Waals surface area (Å²) in [6.07, 6.45) is 2.99. The molecule has 1 aliphatic heterocycles. The molecule has 1 aromatic rings. The number of rotatable bonds is 4. The van der Waals surface area contributed by atoms with Gasteiger partial charge in [-0.3, -0.25) is 10.1 Å². The van der Waals surface area contributed by atoms with Gasteiger partial charge >= 0.3 is 5.97 Å². The number of hydrogen-bond donors (Lipinski definition) is 1. The molecule has 1 aromatic carbocycles. The van der Waals surface area contributed by atoms with Crippen LogP contribution in [0.4, 0.5) is 11.4 Å². The van der Waals surface area contributed by atoms with E-state index in [1.807, 2.05) is 0 Å². The number of carboxylic acids is 1. The zero-order valence-electron chi connectivity index (χ0n) is 12.5. The molecule has 0 spiro atoms. The van der Waals surface area contributed by atoms with E-state index in [0.29, 0.717) is 17.3 Å². The van der Waals surface area contributed by atoms with E-state index in [4.69, 9.17) is 0 Å². The van der Waals surface area contributed by atoms with Crippen molar-refractivity contribution in [1.82, 2.24) is 0 Å². The molecule has 0 bridgehead atoms. The predicted molar refractivity (Wildman–Crippen MR) is 80.0 cm³/mol. The van der Waals surface area contributed by atoms with Gasteiger partial charge < -0.3 is 10.0 Å². The Kier molecular flexibility index (Phi) is 4.16. The lowest BCUT2D eigenvalue weighted by atomic mass is 10.0. The topological polar surface area (TPSA) is 83.7 Å². The van der Waals surface area contributed by atoms with Gasteiger partial charge in [-0.2, -0.15) is 0 Å². The van der Waals surface area contributed by atoms with Crippen molar-refractivity contribution in [3.8, 4) is 0 Å². The van der Waals surface area contributed by atoms with E-state index < -0.39 is 10.9 Å². The van der Waals surface area contributed by atoms with Crippen molar-refractivity contribution >= 4 is 17.3 Å². The number of benzene rings is 1. The maximum Gasteiger partial charge on any atom is 0.336 e. The van der Waals surface area contributed by atoms with Crippen LogP contribution in [0.1, 0.15) is 49.0 Å². The molecule has 0 aliphatic carbocycles. The SMILES string of the molecule is CCC1CCC(C)N1c1cc(C(=O)O)cc([N+](=O)[O-])c1C. The zero-order chi connectivity index (χ0) is 15.7. The number of nitrogens with zero attached hydrogens (tertiary/aromatic N) is 2. The lowest BCUT2D eigenvalue weighted by molar-refractivity contribution is -0.385. The molecule has 1 N–H and O–H groups in total. The predicted octanol–water partition coefficient (Wildman–Crippen LogP) is 3.37. The zero-order valence-corrected chi connectivity index (χ0v) is 12.5. The van der Waals surface area contributed by atoms with Gasteiger partial charge in [0.2, 0.25) is 0 Å². The summed E-state index contributed by atoms with van der Waals surface area (Å²) < 4.78 is 0. The number of nitro benzene ring substituents is 1. The van der Waals surface area contributed by atoms with Gasteiger partial charge in [-0.25, -0.2) is 4.79 Å². The van der Waals surface area contributed by atoms with Crippen LogP contribution in [0.25, 0.3) is 0 Å². The van der Waals surface area contributed by atoms with E-state index >= 15 is 0 Å². The average molecular weight is 292 g/mol. The fourth-order valence-electron chi connectivity index (χ4n) is 3.17. The summed E-state index contributed by atoms with van der Waals surface area (Å²) in [7, 11) is 0. The fourth-order valence-corrected chi connectivity index (χ4v) is 3.17. The van der Waals surface area contributed by atoms with Crippen molar-refractivity contribution in [2.45, 2.75) is 52.1 Å². The molecule has 0 amide bonds. The Balaban J connectivity index is 2.61. The second kappa shape index (κ2) is 5.71. The number of carboxylic acid groups (broad SMARTS) is 1. The molecule has 0 aromatic heterocycles. The third-order valence-electron chi connectivity index (χ3n) is 4.33. The average Bonchev–Trinajstić information content (AvgIpc) is 2.79. The van der Waals surface area contributed by atoms with Gasteiger partial charge in [0.05, 0.1) is 16.1 Å². The van der Waals surface area contributed by atoms with Crippen molar-refractivity contribution in [2.24, 2.45) is 0 Å². The molecule has 0 saturated carbocycles. The molecule has 2 unspecified atom stereocenters. The summed E-state index contributed by atoms with van der Waals surface area (Å²) >= 11 is 0.